The summed E-state index contributed by atoms with van der Waals surface area (Å²) in [5.74, 6) is 0. The van der Waals surface area contributed by atoms with Gasteiger partial charge >= 0.3 is 0 Å². The van der Waals surface area contributed by atoms with Crippen molar-refractivity contribution in [3.63, 3.8) is 0 Å². The summed E-state index contributed by atoms with van der Waals surface area (Å²) >= 11 is 1.23. The Morgan fingerprint density at radius 2 is 1.75 bits per heavy atom. The van der Waals surface area contributed by atoms with Crippen LogP contribution in [0.25, 0.3) is 0 Å². The first-order valence-electron chi connectivity index (χ1n) is 6.19. The van der Waals surface area contributed by atoms with Crippen LogP contribution in [0.5, 0.6) is 0 Å². The molecule has 2 aromatic carbocycles. The molecule has 20 heavy (non-hydrogen) atoms. The van der Waals surface area contributed by atoms with Crippen molar-refractivity contribution in [2.45, 2.75) is 23.3 Å². The van der Waals surface area contributed by atoms with E-state index < -0.39 is 9.84 Å². The van der Waals surface area contributed by atoms with Gasteiger partial charge in [0.1, 0.15) is 0 Å². The van der Waals surface area contributed by atoms with Gasteiger partial charge in [-0.2, -0.15) is 0 Å². The van der Waals surface area contributed by atoms with E-state index in [0.717, 1.165) is 16.0 Å². The van der Waals surface area contributed by atoms with Gasteiger partial charge in [-0.1, -0.05) is 47.7 Å². The minimum absolute atomic E-state index is 0.181. The SMILES string of the molecule is Cc1ccc(S(=O)(=O)C2=NCc3ccccc3S2)cc1. The molecular weight excluding hydrogens is 290 g/mol. The molecule has 0 amide bonds. The van der Waals surface area contributed by atoms with Crippen LogP contribution in [0.4, 0.5) is 0 Å². The average Bonchev–Trinajstić information content (AvgIpc) is 2.47. The molecule has 0 aliphatic carbocycles. The normalized spacial score (nSPS) is 14.6. The van der Waals surface area contributed by atoms with Gasteiger partial charge in [0.05, 0.1) is 11.4 Å². The lowest BCUT2D eigenvalue weighted by molar-refractivity contribution is 0.607. The number of hydrogen-bond acceptors (Lipinski definition) is 4. The van der Waals surface area contributed by atoms with E-state index in [1.165, 1.54) is 11.8 Å². The zero-order chi connectivity index (χ0) is 14.2. The molecule has 2 aromatic rings. The average molecular weight is 303 g/mol. The molecule has 0 saturated carbocycles. The Bertz CT molecular complexity index is 778. The predicted molar refractivity (Wildman–Crippen MR) is 81.8 cm³/mol. The van der Waals surface area contributed by atoms with E-state index in [1.807, 2.05) is 31.2 Å². The molecule has 3 rings (SSSR count). The van der Waals surface area contributed by atoms with Crippen LogP contribution >= 0.6 is 11.8 Å². The number of thioether (sulfide) groups is 1. The second-order valence-corrected chi connectivity index (χ2v) is 7.76. The fraction of sp³-hybridized carbons (Fsp3) is 0.133. The van der Waals surface area contributed by atoms with E-state index >= 15 is 0 Å². The Morgan fingerprint density at radius 1 is 1.05 bits per heavy atom. The maximum absolute atomic E-state index is 12.6. The van der Waals surface area contributed by atoms with Crippen LogP contribution in [-0.4, -0.2) is 12.8 Å². The molecule has 1 aliphatic rings. The quantitative estimate of drug-likeness (QED) is 0.811. The number of sulfone groups is 1. The summed E-state index contributed by atoms with van der Waals surface area (Å²) in [5.41, 5.74) is 2.10. The van der Waals surface area contributed by atoms with Crippen LogP contribution < -0.4 is 0 Å². The minimum atomic E-state index is -3.51. The van der Waals surface area contributed by atoms with Crippen LogP contribution in [0.15, 0.2) is 63.3 Å². The van der Waals surface area contributed by atoms with Crippen molar-refractivity contribution in [1.29, 1.82) is 0 Å². The number of nitrogens with zero attached hydrogens (tertiary/aromatic N) is 1. The smallest absolute Gasteiger partial charge is 0.229 e. The summed E-state index contributed by atoms with van der Waals surface area (Å²) in [7, 11) is -3.51. The van der Waals surface area contributed by atoms with Gasteiger partial charge < -0.3 is 0 Å². The summed E-state index contributed by atoms with van der Waals surface area (Å²) in [6, 6.07) is 14.6. The first-order chi connectivity index (χ1) is 9.57. The van der Waals surface area contributed by atoms with Crippen molar-refractivity contribution in [2.24, 2.45) is 4.99 Å². The first kappa shape index (κ1) is 13.4. The number of fused-ring (bicyclic) bond motifs is 1. The molecule has 5 heteroatoms. The largest absolute Gasteiger partial charge is 0.262 e. The molecule has 0 N–H and O–H groups in total. The zero-order valence-corrected chi connectivity index (χ0v) is 12.5. The van der Waals surface area contributed by atoms with Gasteiger partial charge in [0.25, 0.3) is 0 Å². The maximum Gasteiger partial charge on any atom is 0.229 e. The number of rotatable bonds is 1. The summed E-state index contributed by atoms with van der Waals surface area (Å²) < 4.78 is 25.3. The second kappa shape index (κ2) is 5.07. The van der Waals surface area contributed by atoms with Crippen molar-refractivity contribution in [2.75, 3.05) is 0 Å². The summed E-state index contributed by atoms with van der Waals surface area (Å²) in [6.45, 7) is 2.35. The standard InChI is InChI=1S/C15H13NO2S2/c1-11-6-8-13(9-7-11)20(17,18)15-16-10-12-4-2-3-5-14(12)19-15/h2-9H,10H2,1H3. The molecule has 0 aromatic heterocycles. The molecule has 0 fully saturated rings. The van der Waals surface area contributed by atoms with Crippen molar-refractivity contribution in [1.82, 2.24) is 0 Å². The van der Waals surface area contributed by atoms with E-state index in [2.05, 4.69) is 4.99 Å². The first-order valence-corrected chi connectivity index (χ1v) is 8.49. The Balaban J connectivity index is 1.98. The van der Waals surface area contributed by atoms with E-state index in [0.29, 0.717) is 11.4 Å². The highest BCUT2D eigenvalue weighted by Gasteiger charge is 2.26. The van der Waals surface area contributed by atoms with Gasteiger partial charge in [0.15, 0.2) is 4.38 Å². The topological polar surface area (TPSA) is 46.5 Å². The highest BCUT2D eigenvalue weighted by molar-refractivity contribution is 8.35. The van der Waals surface area contributed by atoms with Crippen LogP contribution in [0.3, 0.4) is 0 Å². The Kier molecular flexibility index (Phi) is 3.40. The highest BCUT2D eigenvalue weighted by Crippen LogP contribution is 2.33. The maximum atomic E-state index is 12.6. The Hall–Kier alpha value is -1.59. The van der Waals surface area contributed by atoms with Crippen molar-refractivity contribution < 1.29 is 8.42 Å². The van der Waals surface area contributed by atoms with Crippen LogP contribution in [0, 0.1) is 6.92 Å². The van der Waals surface area contributed by atoms with Crippen LogP contribution in [0.1, 0.15) is 11.1 Å². The van der Waals surface area contributed by atoms with Gasteiger partial charge in [-0.05, 0) is 30.7 Å². The predicted octanol–water partition coefficient (Wildman–Crippen LogP) is 3.43. The molecule has 0 saturated heterocycles. The van der Waals surface area contributed by atoms with Gasteiger partial charge in [-0.3, -0.25) is 4.99 Å². The lowest BCUT2D eigenvalue weighted by Crippen LogP contribution is -2.15. The monoisotopic (exact) mass is 303 g/mol. The van der Waals surface area contributed by atoms with Gasteiger partial charge in [-0.25, -0.2) is 8.42 Å². The molecule has 0 atom stereocenters. The minimum Gasteiger partial charge on any atom is -0.262 e. The van der Waals surface area contributed by atoms with Crippen LogP contribution in [-0.2, 0) is 16.4 Å². The lowest BCUT2D eigenvalue weighted by atomic mass is 10.2. The van der Waals surface area contributed by atoms with E-state index in [1.54, 1.807) is 24.3 Å². The summed E-state index contributed by atoms with van der Waals surface area (Å²) in [5, 5.41) is 0. The van der Waals surface area contributed by atoms with E-state index in [4.69, 9.17) is 0 Å². The third-order valence-corrected chi connectivity index (χ3v) is 6.42. The molecular formula is C15H13NO2S2. The third kappa shape index (κ3) is 2.39. The molecule has 102 valence electrons. The van der Waals surface area contributed by atoms with Crippen molar-refractivity contribution in [3.05, 3.63) is 59.7 Å². The Labute approximate surface area is 122 Å². The molecule has 0 unspecified atom stereocenters. The van der Waals surface area contributed by atoms with E-state index in [-0.39, 0.29) is 4.38 Å². The summed E-state index contributed by atoms with van der Waals surface area (Å²) in [4.78, 5) is 5.50. The fourth-order valence-corrected chi connectivity index (χ4v) is 4.62. The molecule has 1 heterocycles. The van der Waals surface area contributed by atoms with E-state index in [9.17, 15) is 8.42 Å². The van der Waals surface area contributed by atoms with Gasteiger partial charge in [0, 0.05) is 4.90 Å². The molecule has 3 nitrogen and oxygen atoms in total. The second-order valence-electron chi connectivity index (χ2n) is 4.61. The molecule has 0 spiro atoms. The number of benzene rings is 2. The zero-order valence-electron chi connectivity index (χ0n) is 10.9. The Morgan fingerprint density at radius 3 is 2.50 bits per heavy atom. The van der Waals surface area contributed by atoms with Crippen molar-refractivity contribution in [3.8, 4) is 0 Å². The number of aryl methyl sites for hydroxylation is 1. The van der Waals surface area contributed by atoms with Crippen LogP contribution in [0.2, 0.25) is 0 Å². The number of hydrogen-bond donors (Lipinski definition) is 0. The molecule has 0 radical (unpaired) electrons. The van der Waals surface area contributed by atoms with Crippen molar-refractivity contribution >= 4 is 26.0 Å². The summed E-state index contributed by atoms with van der Waals surface area (Å²) in [6.07, 6.45) is 0. The van der Waals surface area contributed by atoms with Gasteiger partial charge in [-0.15, -0.1) is 0 Å². The molecule has 1 aliphatic heterocycles. The fourth-order valence-electron chi connectivity index (χ4n) is 1.97. The third-order valence-electron chi connectivity index (χ3n) is 3.11. The lowest BCUT2D eigenvalue weighted by Gasteiger charge is -2.15. The van der Waals surface area contributed by atoms with Gasteiger partial charge in [0.2, 0.25) is 9.84 Å². The molecule has 0 bridgehead atoms. The number of aliphatic imine (C=N–C) groups is 1. The highest BCUT2D eigenvalue weighted by atomic mass is 32.3.